The molecule has 0 spiro atoms. The number of halogens is 1. The molecule has 21 heavy (non-hydrogen) atoms. The summed E-state index contributed by atoms with van der Waals surface area (Å²) in [6, 6.07) is 5.30. The van der Waals surface area contributed by atoms with Gasteiger partial charge in [-0.15, -0.1) is 0 Å². The van der Waals surface area contributed by atoms with E-state index < -0.39 is 0 Å². The highest BCUT2D eigenvalue weighted by molar-refractivity contribution is 5.58. The Hall–Kier alpha value is -1.88. The molecule has 0 atom stereocenters. The number of methoxy groups -OCH3 is 1. The monoisotopic (exact) mass is 289 g/mol. The molecule has 0 aliphatic carbocycles. The van der Waals surface area contributed by atoms with Gasteiger partial charge in [0.1, 0.15) is 17.4 Å². The van der Waals surface area contributed by atoms with Gasteiger partial charge in [-0.05, 0) is 45.1 Å². The lowest BCUT2D eigenvalue weighted by atomic mass is 10.0. The van der Waals surface area contributed by atoms with Gasteiger partial charge in [0.25, 0.3) is 0 Å². The van der Waals surface area contributed by atoms with Crippen molar-refractivity contribution in [1.82, 2.24) is 14.5 Å². The molecule has 0 radical (unpaired) electrons. The van der Waals surface area contributed by atoms with Crippen LogP contribution in [0.5, 0.6) is 5.75 Å². The second-order valence-corrected chi connectivity index (χ2v) is 5.54. The fraction of sp³-hybridized carbons (Fsp3) is 0.438. The molecule has 1 saturated heterocycles. The Morgan fingerprint density at radius 3 is 2.71 bits per heavy atom. The summed E-state index contributed by atoms with van der Waals surface area (Å²) < 4.78 is 21.4. The van der Waals surface area contributed by atoms with E-state index in [1.165, 1.54) is 13.2 Å². The maximum atomic E-state index is 14.3. The van der Waals surface area contributed by atoms with Gasteiger partial charge in [0.05, 0.1) is 12.7 Å². The minimum atomic E-state index is -0.297. The number of likely N-dealkylation sites (tertiary alicyclic amines) is 1. The quantitative estimate of drug-likeness (QED) is 0.870. The maximum Gasteiger partial charge on any atom is 0.143 e. The van der Waals surface area contributed by atoms with E-state index in [2.05, 4.69) is 21.5 Å². The van der Waals surface area contributed by atoms with Gasteiger partial charge in [0.2, 0.25) is 0 Å². The zero-order valence-electron chi connectivity index (χ0n) is 12.4. The van der Waals surface area contributed by atoms with Gasteiger partial charge in [-0.1, -0.05) is 0 Å². The maximum absolute atomic E-state index is 14.3. The van der Waals surface area contributed by atoms with Crippen LogP contribution in [0.25, 0.3) is 11.4 Å². The zero-order chi connectivity index (χ0) is 14.8. The first-order valence-corrected chi connectivity index (χ1v) is 7.24. The van der Waals surface area contributed by atoms with Gasteiger partial charge in [-0.25, -0.2) is 9.37 Å². The van der Waals surface area contributed by atoms with E-state index in [1.54, 1.807) is 18.3 Å². The molecule has 4 nitrogen and oxygen atoms in total. The number of hydrogen-bond acceptors (Lipinski definition) is 3. The van der Waals surface area contributed by atoms with Crippen LogP contribution in [0.4, 0.5) is 4.39 Å². The topological polar surface area (TPSA) is 30.3 Å². The van der Waals surface area contributed by atoms with Gasteiger partial charge in [0.15, 0.2) is 0 Å². The van der Waals surface area contributed by atoms with Crippen molar-refractivity contribution in [3.05, 3.63) is 36.4 Å². The molecule has 1 aromatic carbocycles. The third-order valence-electron chi connectivity index (χ3n) is 4.17. The molecule has 2 heterocycles. The van der Waals surface area contributed by atoms with Gasteiger partial charge in [0, 0.05) is 24.5 Å². The summed E-state index contributed by atoms with van der Waals surface area (Å²) in [4.78, 5) is 6.69. The molecule has 2 aromatic rings. The second kappa shape index (κ2) is 5.85. The SMILES string of the molecule is COc1ccc(-c2nccn2C2CCN(C)CC2)c(F)c1. The van der Waals surface area contributed by atoms with Crippen LogP contribution in [0.1, 0.15) is 18.9 Å². The van der Waals surface area contributed by atoms with E-state index in [4.69, 9.17) is 4.74 Å². The van der Waals surface area contributed by atoms with Crippen LogP contribution in [0, 0.1) is 5.82 Å². The molecule has 0 amide bonds. The number of hydrogen-bond donors (Lipinski definition) is 0. The van der Waals surface area contributed by atoms with Crippen molar-refractivity contribution in [2.45, 2.75) is 18.9 Å². The minimum absolute atomic E-state index is 0.297. The summed E-state index contributed by atoms with van der Waals surface area (Å²) in [5.74, 6) is 0.924. The van der Waals surface area contributed by atoms with Crippen LogP contribution in [0.15, 0.2) is 30.6 Å². The van der Waals surface area contributed by atoms with Gasteiger partial charge in [-0.3, -0.25) is 0 Å². The molecule has 1 aliphatic rings. The molecule has 112 valence electrons. The fourth-order valence-corrected chi connectivity index (χ4v) is 2.89. The lowest BCUT2D eigenvalue weighted by molar-refractivity contribution is 0.222. The van der Waals surface area contributed by atoms with Crippen molar-refractivity contribution in [3.63, 3.8) is 0 Å². The largest absolute Gasteiger partial charge is 0.497 e. The van der Waals surface area contributed by atoms with Crippen LogP contribution in [-0.4, -0.2) is 41.7 Å². The van der Waals surface area contributed by atoms with E-state index in [0.29, 0.717) is 23.2 Å². The van der Waals surface area contributed by atoms with E-state index in [-0.39, 0.29) is 5.82 Å². The van der Waals surface area contributed by atoms with Crippen molar-refractivity contribution >= 4 is 0 Å². The fourth-order valence-electron chi connectivity index (χ4n) is 2.89. The van der Waals surface area contributed by atoms with Gasteiger partial charge < -0.3 is 14.2 Å². The minimum Gasteiger partial charge on any atom is -0.497 e. The predicted molar refractivity (Wildman–Crippen MR) is 79.9 cm³/mol. The molecular formula is C16H20FN3O. The highest BCUT2D eigenvalue weighted by Crippen LogP contribution is 2.30. The third-order valence-corrected chi connectivity index (χ3v) is 4.17. The van der Waals surface area contributed by atoms with Gasteiger partial charge in [-0.2, -0.15) is 0 Å². The standard InChI is InChI=1S/C16H20FN3O/c1-19-8-5-12(6-9-19)20-10-7-18-16(20)14-4-3-13(21-2)11-15(14)17/h3-4,7,10-12H,5-6,8-9H2,1-2H3. The highest BCUT2D eigenvalue weighted by atomic mass is 19.1. The Morgan fingerprint density at radius 2 is 2.05 bits per heavy atom. The number of piperidine rings is 1. The lowest BCUT2D eigenvalue weighted by Crippen LogP contribution is -2.31. The predicted octanol–water partition coefficient (Wildman–Crippen LogP) is 2.96. The number of ether oxygens (including phenoxy) is 1. The molecule has 1 aliphatic heterocycles. The Labute approximate surface area is 124 Å². The van der Waals surface area contributed by atoms with Crippen molar-refractivity contribution in [3.8, 4) is 17.1 Å². The van der Waals surface area contributed by atoms with Crippen molar-refractivity contribution in [2.24, 2.45) is 0 Å². The smallest absolute Gasteiger partial charge is 0.143 e. The van der Waals surface area contributed by atoms with Crippen LogP contribution in [-0.2, 0) is 0 Å². The van der Waals surface area contributed by atoms with Crippen molar-refractivity contribution < 1.29 is 9.13 Å². The Kier molecular flexibility index (Phi) is 3.92. The highest BCUT2D eigenvalue weighted by Gasteiger charge is 2.22. The number of nitrogens with zero attached hydrogens (tertiary/aromatic N) is 3. The van der Waals surface area contributed by atoms with Crippen LogP contribution >= 0.6 is 0 Å². The van der Waals surface area contributed by atoms with E-state index in [1.807, 2.05) is 6.20 Å². The summed E-state index contributed by atoms with van der Waals surface area (Å²) in [6.07, 6.45) is 5.83. The molecule has 0 bridgehead atoms. The summed E-state index contributed by atoms with van der Waals surface area (Å²) in [6.45, 7) is 2.13. The summed E-state index contributed by atoms with van der Waals surface area (Å²) in [5, 5.41) is 0. The number of rotatable bonds is 3. The van der Waals surface area contributed by atoms with Crippen LogP contribution in [0.3, 0.4) is 0 Å². The van der Waals surface area contributed by atoms with E-state index >= 15 is 0 Å². The Bertz CT molecular complexity index is 618. The third kappa shape index (κ3) is 2.78. The molecule has 0 unspecified atom stereocenters. The first-order chi connectivity index (χ1) is 10.2. The summed E-state index contributed by atoms with van der Waals surface area (Å²) in [7, 11) is 3.67. The zero-order valence-corrected chi connectivity index (χ0v) is 12.4. The van der Waals surface area contributed by atoms with E-state index in [9.17, 15) is 4.39 Å². The summed E-state index contributed by atoms with van der Waals surface area (Å²) in [5.41, 5.74) is 0.528. The molecule has 5 heteroatoms. The molecule has 1 fully saturated rings. The molecule has 0 saturated carbocycles. The first kappa shape index (κ1) is 14.1. The van der Waals surface area contributed by atoms with Crippen molar-refractivity contribution in [1.29, 1.82) is 0 Å². The summed E-state index contributed by atoms with van der Waals surface area (Å²) >= 11 is 0. The average molecular weight is 289 g/mol. The number of benzene rings is 1. The first-order valence-electron chi connectivity index (χ1n) is 7.24. The Balaban J connectivity index is 1.92. The lowest BCUT2D eigenvalue weighted by Gasteiger charge is -2.30. The average Bonchev–Trinajstić information content (AvgIpc) is 2.97. The molecular weight excluding hydrogens is 269 g/mol. The number of imidazole rings is 1. The van der Waals surface area contributed by atoms with Crippen molar-refractivity contribution in [2.75, 3.05) is 27.2 Å². The number of aromatic nitrogens is 2. The normalized spacial score (nSPS) is 17.1. The van der Waals surface area contributed by atoms with Crippen LogP contribution in [0.2, 0.25) is 0 Å². The Morgan fingerprint density at radius 1 is 1.29 bits per heavy atom. The van der Waals surface area contributed by atoms with Gasteiger partial charge >= 0.3 is 0 Å². The molecule has 0 N–H and O–H groups in total. The second-order valence-electron chi connectivity index (χ2n) is 5.54. The molecule has 1 aromatic heterocycles. The molecule has 3 rings (SSSR count). The van der Waals surface area contributed by atoms with E-state index in [0.717, 1.165) is 25.9 Å². The van der Waals surface area contributed by atoms with Crippen LogP contribution < -0.4 is 4.74 Å².